The fraction of sp³-hybridized carbons (Fsp3) is 0.143. The number of anilines is 1. The first-order valence-electron chi connectivity index (χ1n) is 9.10. The van der Waals surface area contributed by atoms with Crippen molar-refractivity contribution in [3.63, 3.8) is 0 Å². The second kappa shape index (κ2) is 8.37. The summed E-state index contributed by atoms with van der Waals surface area (Å²) < 4.78 is 8.56. The second-order valence-corrected chi connectivity index (χ2v) is 8.49. The monoisotopic (exact) mass is 483 g/mol. The van der Waals surface area contributed by atoms with E-state index in [0.29, 0.717) is 33.8 Å². The minimum atomic E-state index is -0.152. The lowest BCUT2D eigenvalue weighted by Crippen LogP contribution is -2.09. The Morgan fingerprint density at radius 2 is 1.87 bits per heavy atom. The molecule has 4 rings (SSSR count). The van der Waals surface area contributed by atoms with Gasteiger partial charge in [-0.25, -0.2) is 9.67 Å². The van der Waals surface area contributed by atoms with Crippen molar-refractivity contribution in [2.45, 2.75) is 20.8 Å². The zero-order valence-electron chi connectivity index (χ0n) is 16.5. The van der Waals surface area contributed by atoms with Gasteiger partial charge < -0.3 is 10.1 Å². The number of carbonyl (C=O) groups excluding carboxylic acids is 1. The molecule has 0 aliphatic rings. The number of ether oxygens (including phenoxy) is 1. The van der Waals surface area contributed by atoms with Gasteiger partial charge in [-0.05, 0) is 73.1 Å². The molecule has 1 amide bonds. The molecule has 4 aromatic rings. The first-order valence-corrected chi connectivity index (χ1v) is 10.8. The number of hydrogen-bond donors (Lipinski definition) is 1. The van der Waals surface area contributed by atoms with Crippen LogP contribution in [0.3, 0.4) is 0 Å². The Morgan fingerprint density at radius 1 is 1.10 bits per heavy atom. The number of nitrogens with zero attached hydrogens (tertiary/aromatic N) is 4. The van der Waals surface area contributed by atoms with Crippen LogP contribution in [-0.2, 0) is 0 Å². The zero-order chi connectivity index (χ0) is 21.3. The number of aromatic nitrogens is 4. The fourth-order valence-corrected chi connectivity index (χ4v) is 4.22. The maximum absolute atomic E-state index is 12.3. The van der Waals surface area contributed by atoms with E-state index < -0.39 is 0 Å². The Morgan fingerprint density at radius 3 is 2.50 bits per heavy atom. The van der Waals surface area contributed by atoms with Crippen LogP contribution in [0.4, 0.5) is 5.69 Å². The highest BCUT2D eigenvalue weighted by Crippen LogP contribution is 2.25. The standard InChI is InChI=1S/C21H18BrN5O2S/c1-12-8-13(2)27(26-12)19-10-20(24-14(3)23-19)29-17-6-4-16(5-7-17)25-21(28)18-9-15(22)11-30-18/h4-11H,1-3H3,(H,25,28). The van der Waals surface area contributed by atoms with E-state index in [1.165, 1.54) is 11.3 Å². The highest BCUT2D eigenvalue weighted by molar-refractivity contribution is 9.10. The van der Waals surface area contributed by atoms with Gasteiger partial charge in [0.25, 0.3) is 5.91 Å². The molecule has 0 spiro atoms. The van der Waals surface area contributed by atoms with Gasteiger partial charge >= 0.3 is 0 Å². The average molecular weight is 484 g/mol. The van der Waals surface area contributed by atoms with Crippen molar-refractivity contribution in [3.05, 3.63) is 74.4 Å². The topological polar surface area (TPSA) is 81.9 Å². The van der Waals surface area contributed by atoms with Crippen LogP contribution in [0.1, 0.15) is 26.9 Å². The number of nitrogens with one attached hydrogen (secondary N) is 1. The Kier molecular flexibility index (Phi) is 5.65. The molecule has 0 saturated carbocycles. The molecule has 1 aromatic carbocycles. The first kappa shape index (κ1) is 20.2. The molecule has 0 bridgehead atoms. The van der Waals surface area contributed by atoms with E-state index in [1.807, 2.05) is 32.2 Å². The van der Waals surface area contributed by atoms with Crippen LogP contribution >= 0.6 is 27.3 Å². The highest BCUT2D eigenvalue weighted by atomic mass is 79.9. The van der Waals surface area contributed by atoms with E-state index in [0.717, 1.165) is 15.9 Å². The van der Waals surface area contributed by atoms with Crippen molar-refractivity contribution in [2.24, 2.45) is 0 Å². The smallest absolute Gasteiger partial charge is 0.265 e. The molecule has 0 saturated heterocycles. The highest BCUT2D eigenvalue weighted by Gasteiger charge is 2.11. The van der Waals surface area contributed by atoms with Crippen LogP contribution in [0.25, 0.3) is 5.82 Å². The number of halogens is 1. The van der Waals surface area contributed by atoms with Gasteiger partial charge in [0.15, 0.2) is 5.82 Å². The van der Waals surface area contributed by atoms with E-state index in [1.54, 1.807) is 41.1 Å². The maximum Gasteiger partial charge on any atom is 0.265 e. The molecule has 0 radical (unpaired) electrons. The molecule has 30 heavy (non-hydrogen) atoms. The lowest BCUT2D eigenvalue weighted by molar-refractivity contribution is 0.103. The Labute approximate surface area is 185 Å². The fourth-order valence-electron chi connectivity index (χ4n) is 2.90. The third-order valence-electron chi connectivity index (χ3n) is 4.15. The molecule has 9 heteroatoms. The molecule has 0 aliphatic carbocycles. The largest absolute Gasteiger partial charge is 0.439 e. The molecule has 0 unspecified atom stereocenters. The summed E-state index contributed by atoms with van der Waals surface area (Å²) >= 11 is 4.74. The van der Waals surface area contributed by atoms with E-state index in [4.69, 9.17) is 4.74 Å². The zero-order valence-corrected chi connectivity index (χ0v) is 18.9. The van der Waals surface area contributed by atoms with Crippen LogP contribution in [-0.4, -0.2) is 25.7 Å². The number of rotatable bonds is 5. The minimum absolute atomic E-state index is 0.152. The van der Waals surface area contributed by atoms with Crippen molar-refractivity contribution >= 4 is 38.9 Å². The molecule has 3 heterocycles. The number of aryl methyl sites for hydroxylation is 3. The van der Waals surface area contributed by atoms with E-state index in [2.05, 4.69) is 36.3 Å². The number of thiophene rings is 1. The summed E-state index contributed by atoms with van der Waals surface area (Å²) in [6, 6.07) is 12.6. The van der Waals surface area contributed by atoms with Crippen LogP contribution < -0.4 is 10.1 Å². The predicted octanol–water partition coefficient (Wildman–Crippen LogP) is 5.46. The lowest BCUT2D eigenvalue weighted by atomic mass is 10.3. The molecular weight excluding hydrogens is 466 g/mol. The molecule has 7 nitrogen and oxygen atoms in total. The molecule has 3 aromatic heterocycles. The number of carbonyl (C=O) groups is 1. The summed E-state index contributed by atoms with van der Waals surface area (Å²) in [6.07, 6.45) is 0. The summed E-state index contributed by atoms with van der Waals surface area (Å²) in [5, 5.41) is 9.20. The average Bonchev–Trinajstić information content (AvgIpc) is 3.27. The summed E-state index contributed by atoms with van der Waals surface area (Å²) in [4.78, 5) is 21.7. The maximum atomic E-state index is 12.3. The van der Waals surface area contributed by atoms with Crippen molar-refractivity contribution in [1.29, 1.82) is 0 Å². The van der Waals surface area contributed by atoms with E-state index >= 15 is 0 Å². The van der Waals surface area contributed by atoms with Crippen molar-refractivity contribution in [2.75, 3.05) is 5.32 Å². The number of hydrogen-bond acceptors (Lipinski definition) is 6. The second-order valence-electron chi connectivity index (χ2n) is 6.66. The van der Waals surface area contributed by atoms with Crippen molar-refractivity contribution in [3.8, 4) is 17.4 Å². The van der Waals surface area contributed by atoms with Crippen molar-refractivity contribution in [1.82, 2.24) is 19.7 Å². The Hall–Kier alpha value is -3.04. The van der Waals surface area contributed by atoms with Crippen molar-refractivity contribution < 1.29 is 9.53 Å². The normalized spacial score (nSPS) is 10.8. The van der Waals surface area contributed by atoms with Crippen LogP contribution in [0.15, 0.2) is 52.3 Å². The minimum Gasteiger partial charge on any atom is -0.439 e. The predicted molar refractivity (Wildman–Crippen MR) is 120 cm³/mol. The lowest BCUT2D eigenvalue weighted by Gasteiger charge is -2.10. The Balaban J connectivity index is 1.49. The number of benzene rings is 1. The van der Waals surface area contributed by atoms with Gasteiger partial charge in [0.2, 0.25) is 5.88 Å². The third kappa shape index (κ3) is 4.58. The van der Waals surface area contributed by atoms with Gasteiger partial charge in [-0.3, -0.25) is 4.79 Å². The molecule has 152 valence electrons. The molecule has 0 atom stereocenters. The van der Waals surface area contributed by atoms with Gasteiger partial charge in [0.05, 0.1) is 10.6 Å². The van der Waals surface area contributed by atoms with Crippen LogP contribution in [0.5, 0.6) is 11.6 Å². The third-order valence-corrected chi connectivity index (χ3v) is 5.84. The Bertz CT molecular complexity index is 1220. The summed E-state index contributed by atoms with van der Waals surface area (Å²) in [5.41, 5.74) is 2.58. The van der Waals surface area contributed by atoms with E-state index in [-0.39, 0.29) is 5.91 Å². The van der Waals surface area contributed by atoms with E-state index in [9.17, 15) is 4.79 Å². The SMILES string of the molecule is Cc1cc(C)n(-c2cc(Oc3ccc(NC(=O)c4cc(Br)cs4)cc3)nc(C)n2)n1. The molecule has 1 N–H and O–H groups in total. The van der Waals surface area contributed by atoms with Crippen LogP contribution in [0.2, 0.25) is 0 Å². The van der Waals surface area contributed by atoms with Crippen LogP contribution in [0, 0.1) is 20.8 Å². The molecule has 0 aliphatic heterocycles. The van der Waals surface area contributed by atoms with Gasteiger partial charge in [-0.1, -0.05) is 0 Å². The number of amides is 1. The summed E-state index contributed by atoms with van der Waals surface area (Å²) in [6.45, 7) is 5.72. The van der Waals surface area contributed by atoms with Gasteiger partial charge in [0.1, 0.15) is 11.6 Å². The summed E-state index contributed by atoms with van der Waals surface area (Å²) in [5.74, 6) is 2.10. The van der Waals surface area contributed by atoms with Gasteiger partial charge in [-0.15, -0.1) is 11.3 Å². The molecular formula is C21H18BrN5O2S. The van der Waals surface area contributed by atoms with Gasteiger partial charge in [-0.2, -0.15) is 10.1 Å². The quantitative estimate of drug-likeness (QED) is 0.407. The molecule has 0 fully saturated rings. The first-order chi connectivity index (χ1) is 14.4. The van der Waals surface area contributed by atoms with Gasteiger partial charge in [0, 0.05) is 27.3 Å². The summed E-state index contributed by atoms with van der Waals surface area (Å²) in [7, 11) is 0.